The second-order valence-electron chi connectivity index (χ2n) is 29.8. The zero-order chi connectivity index (χ0) is 71.7. The van der Waals surface area contributed by atoms with Crippen molar-refractivity contribution >= 4 is 29.8 Å². The van der Waals surface area contributed by atoms with Crippen molar-refractivity contribution in [2.24, 2.45) is 68.7 Å². The Morgan fingerprint density at radius 1 is 0.432 bits per heavy atom. The molecule has 7 atom stereocenters. The number of carbonyl (C=O) groups is 3. The average molecular weight is 1310 g/mol. The van der Waals surface area contributed by atoms with E-state index in [0.29, 0.717) is 41.9 Å². The molecule has 1 aliphatic carbocycles. The summed E-state index contributed by atoms with van der Waals surface area (Å²) in [5.74, 6) is 2.17. The highest BCUT2D eigenvalue weighted by Crippen LogP contribution is 2.36. The Labute approximate surface area is 580 Å². The molecule has 5 rings (SSSR count). The lowest BCUT2D eigenvalue weighted by Gasteiger charge is -2.36. The molecule has 0 heterocycles. The summed E-state index contributed by atoms with van der Waals surface area (Å²) in [4.78, 5) is 51.4. The lowest BCUT2D eigenvalue weighted by molar-refractivity contribution is -0.171. The molecule has 7 unspecified atom stereocenters. The molecule has 0 aromatic heterocycles. The van der Waals surface area contributed by atoms with E-state index in [9.17, 15) is 14.4 Å². The van der Waals surface area contributed by atoms with Crippen LogP contribution in [-0.2, 0) is 59.0 Å². The van der Waals surface area contributed by atoms with Crippen LogP contribution in [0.15, 0.2) is 144 Å². The molecule has 1 fully saturated rings. The normalized spacial score (nSPS) is 15.3. The van der Waals surface area contributed by atoms with Gasteiger partial charge in [0.25, 0.3) is 0 Å². The highest BCUT2D eigenvalue weighted by molar-refractivity contribution is 5.84. The van der Waals surface area contributed by atoms with Crippen LogP contribution in [0.2, 0.25) is 0 Å². The Balaban J connectivity index is 0.000000829. The van der Waals surface area contributed by atoms with Crippen molar-refractivity contribution in [2.75, 3.05) is 26.4 Å². The van der Waals surface area contributed by atoms with E-state index in [0.717, 1.165) is 50.0 Å². The van der Waals surface area contributed by atoms with Crippen molar-refractivity contribution in [1.29, 1.82) is 0 Å². The van der Waals surface area contributed by atoms with Gasteiger partial charge in [-0.15, -0.1) is 13.2 Å². The van der Waals surface area contributed by atoms with Gasteiger partial charge in [-0.2, -0.15) is 0 Å². The summed E-state index contributed by atoms with van der Waals surface area (Å²) in [6.07, 6.45) is 12.4. The first-order chi connectivity index (χ1) is 44.8. The fourth-order valence-corrected chi connectivity index (χ4v) is 10.3. The van der Waals surface area contributed by atoms with Crippen molar-refractivity contribution in [2.45, 2.75) is 247 Å². The summed E-state index contributed by atoms with van der Waals surface area (Å²) in [5.41, 5.74) is 11.6. The van der Waals surface area contributed by atoms with Crippen LogP contribution in [-0.4, -0.2) is 68.3 Å². The van der Waals surface area contributed by atoms with E-state index in [4.69, 9.17) is 28.9 Å². The summed E-state index contributed by atoms with van der Waals surface area (Å²) in [6, 6.07) is 34.2. The maximum Gasteiger partial charge on any atom is 0.331 e. The molecule has 1 aliphatic rings. The maximum atomic E-state index is 14.2. The summed E-state index contributed by atoms with van der Waals surface area (Å²) in [7, 11) is 0. The van der Waals surface area contributed by atoms with Gasteiger partial charge in [0.05, 0.1) is 11.8 Å². The number of nitrogens with zero attached hydrogens (tertiary/aromatic N) is 2. The Morgan fingerprint density at radius 2 is 0.747 bits per heavy atom. The second-order valence-corrected chi connectivity index (χ2v) is 29.8. The third-order valence-electron chi connectivity index (χ3n) is 18.3. The Morgan fingerprint density at radius 3 is 1.04 bits per heavy atom. The monoisotopic (exact) mass is 1310 g/mol. The third kappa shape index (κ3) is 30.7. The van der Waals surface area contributed by atoms with Crippen molar-refractivity contribution in [1.82, 2.24) is 0 Å². The van der Waals surface area contributed by atoms with Crippen molar-refractivity contribution < 1.29 is 33.3 Å². The molecule has 528 valence electrons. The largest absolute Gasteiger partial charge is 0.495 e. The van der Waals surface area contributed by atoms with E-state index >= 15 is 0 Å². The van der Waals surface area contributed by atoms with Crippen LogP contribution >= 0.6 is 0 Å². The first kappa shape index (κ1) is 84.7. The van der Waals surface area contributed by atoms with Gasteiger partial charge < -0.3 is 18.9 Å². The molecule has 9 nitrogen and oxygen atoms in total. The maximum absolute atomic E-state index is 14.2. The Hall–Kier alpha value is -6.35. The number of ether oxygens (including phenoxy) is 4. The molecular weight excluding hydrogens is 1170 g/mol. The lowest BCUT2D eigenvalue weighted by Crippen LogP contribution is -2.45. The zero-order valence-electron chi connectivity index (χ0n) is 64.1. The van der Waals surface area contributed by atoms with Crippen LogP contribution in [0.3, 0.4) is 0 Å². The predicted molar refractivity (Wildman–Crippen MR) is 405 cm³/mol. The molecule has 0 N–H and O–H groups in total. The van der Waals surface area contributed by atoms with E-state index in [-0.39, 0.29) is 85.8 Å². The zero-order valence-corrected chi connectivity index (χ0v) is 64.1. The van der Waals surface area contributed by atoms with Crippen LogP contribution in [0.5, 0.6) is 0 Å². The first-order valence-corrected chi connectivity index (χ1v) is 36.3. The van der Waals surface area contributed by atoms with Gasteiger partial charge in [0, 0.05) is 18.3 Å². The molecule has 0 spiro atoms. The van der Waals surface area contributed by atoms with Gasteiger partial charge in [-0.25, -0.2) is 4.79 Å². The number of carbonyl (C=O) groups excluding carboxylic acids is 3. The number of rotatable bonds is 34. The van der Waals surface area contributed by atoms with Gasteiger partial charge >= 0.3 is 17.9 Å². The van der Waals surface area contributed by atoms with Gasteiger partial charge in [0.1, 0.15) is 49.7 Å². The molecule has 0 amide bonds. The predicted octanol–water partition coefficient (Wildman–Crippen LogP) is 22.0. The fourth-order valence-electron chi connectivity index (χ4n) is 10.3. The van der Waals surface area contributed by atoms with Crippen LogP contribution in [0.4, 0.5) is 0 Å². The summed E-state index contributed by atoms with van der Waals surface area (Å²) in [6.45, 7) is 57.0. The minimum atomic E-state index is -1.25. The minimum absolute atomic E-state index is 0.0392. The highest BCUT2D eigenvalue weighted by atomic mass is 16.6. The minimum Gasteiger partial charge on any atom is -0.495 e. The van der Waals surface area contributed by atoms with Gasteiger partial charge in [0.2, 0.25) is 0 Å². The van der Waals surface area contributed by atoms with Gasteiger partial charge in [-0.3, -0.25) is 19.6 Å². The van der Waals surface area contributed by atoms with Crippen LogP contribution in [0, 0.1) is 58.7 Å². The number of allylic oxidation sites excluding steroid dienone is 3. The van der Waals surface area contributed by atoms with E-state index in [2.05, 4.69) is 207 Å². The smallest absolute Gasteiger partial charge is 0.331 e. The van der Waals surface area contributed by atoms with Gasteiger partial charge in [-0.05, 0) is 161 Å². The molecular formula is C86H132N2O7. The fraction of sp³-hybridized carbons (Fsp3) is 0.593. The molecule has 9 heteroatoms. The number of esters is 3. The second kappa shape index (κ2) is 43.7. The number of hydrogen-bond acceptors (Lipinski definition) is 9. The highest BCUT2D eigenvalue weighted by Gasteiger charge is 2.41. The average Bonchev–Trinajstić information content (AvgIpc) is 0.826. The summed E-state index contributed by atoms with van der Waals surface area (Å²) >= 11 is 0. The standard InChI is InChI=1S/C56H86N2O7.2C14H20.C2H6/c1-35(2)43(15)53(59)63-32-56(33-64-54(60)44(16)36(3)4,34-65-55(61)51(40(11)12)57-30-41(13)28-45-20-24-47(25-21-45)37(5)6)31-62-52(49-18-17-19-49)50(39(9)10)58-42(14)29-46-22-26-48(27-23-46)38(7)8;2*1-5-12(4)10-13-6-8-14(9-7-13)11(2)3;1-2/h20-27,30,35-41,43-44,50-51H,17-19,28-29,31-34H2,1-16H3;2*5-9,11-12H,1,10H2,2-4H3;1-2H3. The third-order valence-corrected chi connectivity index (χ3v) is 18.3. The molecule has 0 aliphatic heterocycles. The molecule has 0 radical (unpaired) electrons. The quantitative estimate of drug-likeness (QED) is 0.0150. The SMILES string of the molecule is C=CC(C)Cc1ccc(C(C)C)cc1.C=CC(C)Cc1ccc(C(C)C)cc1.CC.CC(Cc1ccc(C(C)C)cc1)=NC(C(OCC(COC(=O)C(C)C(C)C)(COC(=O)C(C)C(C)C)COC(=O)C(N=CC(C)Cc1ccc(C(C)C)cc1)C(C)C)=C1CCC1)C(C)C. The first-order valence-electron chi connectivity index (χ1n) is 36.3. The van der Waals surface area contributed by atoms with Crippen molar-refractivity contribution in [3.05, 3.63) is 178 Å². The summed E-state index contributed by atoms with van der Waals surface area (Å²) in [5, 5.41) is 0. The number of benzene rings is 4. The van der Waals surface area contributed by atoms with Crippen LogP contribution in [0.25, 0.3) is 0 Å². The van der Waals surface area contributed by atoms with Crippen molar-refractivity contribution in [3.8, 4) is 0 Å². The number of hydrogen-bond donors (Lipinski definition) is 0. The Bertz CT molecular complexity index is 2840. The molecule has 1 saturated carbocycles. The van der Waals surface area contributed by atoms with E-state index in [1.165, 1.54) is 50.1 Å². The molecule has 4 aromatic rings. The Kier molecular flexibility index (Phi) is 39.0. The van der Waals surface area contributed by atoms with Gasteiger partial charge in [0.15, 0.2) is 0 Å². The summed E-state index contributed by atoms with van der Waals surface area (Å²) < 4.78 is 25.4. The van der Waals surface area contributed by atoms with E-state index in [1.54, 1.807) is 0 Å². The molecule has 0 bridgehead atoms. The van der Waals surface area contributed by atoms with Crippen LogP contribution < -0.4 is 0 Å². The lowest BCUT2D eigenvalue weighted by atomic mass is 9.86. The van der Waals surface area contributed by atoms with Crippen LogP contribution in [0.1, 0.15) is 254 Å². The van der Waals surface area contributed by atoms with E-state index in [1.807, 2.05) is 87.6 Å². The molecule has 4 aromatic carbocycles. The van der Waals surface area contributed by atoms with E-state index < -0.39 is 17.4 Å². The topological polar surface area (TPSA) is 113 Å². The van der Waals surface area contributed by atoms with Crippen molar-refractivity contribution in [3.63, 3.8) is 0 Å². The number of aliphatic imine (C=N–C) groups is 2. The molecule has 95 heavy (non-hydrogen) atoms. The molecule has 0 saturated heterocycles. The van der Waals surface area contributed by atoms with Gasteiger partial charge in [-0.1, -0.05) is 268 Å².